The van der Waals surface area contributed by atoms with Crippen molar-refractivity contribution in [1.29, 1.82) is 0 Å². The maximum atomic E-state index is 12.7. The Morgan fingerprint density at radius 3 is 2.27 bits per heavy atom. The molecule has 1 amide bonds. The van der Waals surface area contributed by atoms with Crippen molar-refractivity contribution in [2.75, 3.05) is 0 Å². The third kappa shape index (κ3) is 3.54. The average molecular weight is 347 g/mol. The molecular weight excluding hydrogens is 322 g/mol. The number of hydrogen-bond donors (Lipinski definition) is 1. The fraction of sp³-hybridized carbons (Fsp3) is 0.273. The Bertz CT molecular complexity index is 918. The van der Waals surface area contributed by atoms with Gasteiger partial charge in [0.15, 0.2) is 5.69 Å². The van der Waals surface area contributed by atoms with Crippen molar-refractivity contribution in [3.8, 4) is 11.3 Å². The molecule has 0 bridgehead atoms. The lowest BCUT2D eigenvalue weighted by molar-refractivity contribution is 0.0934. The van der Waals surface area contributed by atoms with Gasteiger partial charge in [0.25, 0.3) is 5.91 Å². The monoisotopic (exact) mass is 347 g/mol. The summed E-state index contributed by atoms with van der Waals surface area (Å²) in [5.74, 6) is -0.161. The van der Waals surface area contributed by atoms with E-state index in [1.807, 2.05) is 50.4 Å². The molecule has 2 aromatic carbocycles. The predicted octanol–water partition coefficient (Wildman–Crippen LogP) is 4.50. The van der Waals surface area contributed by atoms with Crippen molar-refractivity contribution in [2.45, 2.75) is 33.7 Å². The number of carbonyl (C=O) groups excluding carboxylic acids is 1. The van der Waals surface area contributed by atoms with E-state index in [-0.39, 0.29) is 11.9 Å². The molecule has 0 fully saturated rings. The summed E-state index contributed by atoms with van der Waals surface area (Å²) in [6, 6.07) is 16.0. The van der Waals surface area contributed by atoms with E-state index in [1.165, 1.54) is 16.7 Å². The standard InChI is InChI=1S/C22H25N3O/c1-14-11-15(2)21(16(3)12-14)20-13-19(24-25(20)5)22(26)23-17(4)18-9-7-6-8-10-18/h6-13,17H,1-5H3,(H,23,26). The molecule has 0 spiro atoms. The van der Waals surface area contributed by atoms with Gasteiger partial charge < -0.3 is 5.32 Å². The van der Waals surface area contributed by atoms with E-state index in [4.69, 9.17) is 0 Å². The number of rotatable bonds is 4. The quantitative estimate of drug-likeness (QED) is 0.755. The van der Waals surface area contributed by atoms with Crippen molar-refractivity contribution >= 4 is 5.91 Å². The van der Waals surface area contributed by atoms with Gasteiger partial charge in [-0.25, -0.2) is 0 Å². The number of nitrogens with zero attached hydrogens (tertiary/aromatic N) is 2. The molecule has 0 radical (unpaired) electrons. The number of aryl methyl sites for hydroxylation is 4. The van der Waals surface area contributed by atoms with Gasteiger partial charge in [0.05, 0.1) is 11.7 Å². The number of benzene rings is 2. The first kappa shape index (κ1) is 17.9. The predicted molar refractivity (Wildman–Crippen MR) is 105 cm³/mol. The van der Waals surface area contributed by atoms with E-state index in [2.05, 4.69) is 43.3 Å². The van der Waals surface area contributed by atoms with Gasteiger partial charge in [-0.15, -0.1) is 0 Å². The lowest BCUT2D eigenvalue weighted by atomic mass is 9.97. The van der Waals surface area contributed by atoms with Crippen LogP contribution in [-0.4, -0.2) is 15.7 Å². The topological polar surface area (TPSA) is 46.9 Å². The van der Waals surface area contributed by atoms with Crippen LogP contribution >= 0.6 is 0 Å². The number of aromatic nitrogens is 2. The summed E-state index contributed by atoms with van der Waals surface area (Å²) in [4.78, 5) is 12.7. The van der Waals surface area contributed by atoms with Crippen LogP contribution in [0, 0.1) is 20.8 Å². The first-order valence-corrected chi connectivity index (χ1v) is 8.85. The summed E-state index contributed by atoms with van der Waals surface area (Å²) < 4.78 is 1.78. The van der Waals surface area contributed by atoms with Crippen LogP contribution in [-0.2, 0) is 7.05 Å². The highest BCUT2D eigenvalue weighted by atomic mass is 16.2. The van der Waals surface area contributed by atoms with Gasteiger partial charge in [0.2, 0.25) is 0 Å². The molecule has 1 heterocycles. The van der Waals surface area contributed by atoms with E-state index in [1.54, 1.807) is 4.68 Å². The summed E-state index contributed by atoms with van der Waals surface area (Å²) >= 11 is 0. The highest BCUT2D eigenvalue weighted by Gasteiger charge is 2.18. The third-order valence-corrected chi connectivity index (χ3v) is 4.69. The van der Waals surface area contributed by atoms with Crippen LogP contribution in [0.3, 0.4) is 0 Å². The maximum Gasteiger partial charge on any atom is 0.272 e. The van der Waals surface area contributed by atoms with Crippen LogP contribution < -0.4 is 5.32 Å². The van der Waals surface area contributed by atoms with Crippen molar-refractivity contribution in [3.05, 3.63) is 76.5 Å². The molecule has 4 nitrogen and oxygen atoms in total. The summed E-state index contributed by atoms with van der Waals surface area (Å²) in [7, 11) is 1.88. The molecule has 134 valence electrons. The van der Waals surface area contributed by atoms with Gasteiger partial charge in [0, 0.05) is 12.6 Å². The Kier molecular flexibility index (Phi) is 4.94. The van der Waals surface area contributed by atoms with Gasteiger partial charge in [-0.2, -0.15) is 5.10 Å². The fourth-order valence-electron chi connectivity index (χ4n) is 3.49. The first-order chi connectivity index (χ1) is 12.4. The van der Waals surface area contributed by atoms with E-state index in [9.17, 15) is 4.79 Å². The second-order valence-corrected chi connectivity index (χ2v) is 6.92. The molecule has 26 heavy (non-hydrogen) atoms. The second kappa shape index (κ2) is 7.16. The SMILES string of the molecule is Cc1cc(C)c(-c2cc(C(=O)NC(C)c3ccccc3)nn2C)c(C)c1. The number of hydrogen-bond acceptors (Lipinski definition) is 2. The minimum Gasteiger partial charge on any atom is -0.344 e. The van der Waals surface area contributed by atoms with Gasteiger partial charge >= 0.3 is 0 Å². The average Bonchev–Trinajstić information content (AvgIpc) is 2.96. The van der Waals surface area contributed by atoms with Crippen molar-refractivity contribution in [2.24, 2.45) is 7.05 Å². The molecule has 0 aliphatic carbocycles. The minimum absolute atomic E-state index is 0.0722. The number of carbonyl (C=O) groups is 1. The van der Waals surface area contributed by atoms with Crippen LogP contribution in [0.1, 0.15) is 45.7 Å². The highest BCUT2D eigenvalue weighted by Crippen LogP contribution is 2.28. The Morgan fingerprint density at radius 1 is 1.04 bits per heavy atom. The zero-order valence-corrected chi connectivity index (χ0v) is 16.0. The van der Waals surface area contributed by atoms with E-state index in [0.717, 1.165) is 16.8 Å². The second-order valence-electron chi connectivity index (χ2n) is 6.92. The van der Waals surface area contributed by atoms with Crippen molar-refractivity contribution < 1.29 is 4.79 Å². The van der Waals surface area contributed by atoms with E-state index < -0.39 is 0 Å². The first-order valence-electron chi connectivity index (χ1n) is 8.85. The summed E-state index contributed by atoms with van der Waals surface area (Å²) in [6.45, 7) is 8.27. The Balaban J connectivity index is 1.88. The molecule has 4 heteroatoms. The number of amides is 1. The zero-order valence-electron chi connectivity index (χ0n) is 16.0. The fourth-order valence-corrected chi connectivity index (χ4v) is 3.49. The summed E-state index contributed by atoms with van der Waals surface area (Å²) in [5, 5.41) is 7.47. The van der Waals surface area contributed by atoms with E-state index >= 15 is 0 Å². The van der Waals surface area contributed by atoms with Crippen molar-refractivity contribution in [3.63, 3.8) is 0 Å². The van der Waals surface area contributed by atoms with Gasteiger partial charge in [-0.3, -0.25) is 9.48 Å². The molecule has 0 saturated heterocycles. The van der Waals surface area contributed by atoms with Gasteiger partial charge in [0.1, 0.15) is 0 Å². The molecule has 1 N–H and O–H groups in total. The smallest absolute Gasteiger partial charge is 0.272 e. The Hall–Kier alpha value is -2.88. The molecule has 0 saturated carbocycles. The summed E-state index contributed by atoms with van der Waals surface area (Å²) in [6.07, 6.45) is 0. The molecule has 3 aromatic rings. The molecule has 0 aliphatic heterocycles. The molecule has 1 atom stereocenters. The number of nitrogens with one attached hydrogen (secondary N) is 1. The molecule has 3 rings (SSSR count). The highest BCUT2D eigenvalue weighted by molar-refractivity contribution is 5.94. The minimum atomic E-state index is -0.161. The van der Waals surface area contributed by atoms with Crippen LogP contribution in [0.15, 0.2) is 48.5 Å². The molecule has 0 aliphatic rings. The van der Waals surface area contributed by atoms with Gasteiger partial charge in [-0.05, 0) is 50.5 Å². The largest absolute Gasteiger partial charge is 0.344 e. The molecule has 1 aromatic heterocycles. The normalized spacial score (nSPS) is 12.0. The zero-order chi connectivity index (χ0) is 18.8. The van der Waals surface area contributed by atoms with Crippen molar-refractivity contribution in [1.82, 2.24) is 15.1 Å². The molecular formula is C22H25N3O. The summed E-state index contributed by atoms with van der Waals surface area (Å²) in [5.41, 5.74) is 7.22. The lowest BCUT2D eigenvalue weighted by Crippen LogP contribution is -2.27. The van der Waals surface area contributed by atoms with Crippen LogP contribution in [0.25, 0.3) is 11.3 Å². The Morgan fingerprint density at radius 2 is 1.65 bits per heavy atom. The van der Waals surface area contributed by atoms with Gasteiger partial charge in [-0.1, -0.05) is 48.0 Å². The molecule has 1 unspecified atom stereocenters. The maximum absolute atomic E-state index is 12.7. The van der Waals surface area contributed by atoms with Crippen LogP contribution in [0.5, 0.6) is 0 Å². The van der Waals surface area contributed by atoms with Crippen LogP contribution in [0.2, 0.25) is 0 Å². The van der Waals surface area contributed by atoms with E-state index in [0.29, 0.717) is 5.69 Å². The third-order valence-electron chi connectivity index (χ3n) is 4.69. The van der Waals surface area contributed by atoms with Crippen LogP contribution in [0.4, 0.5) is 0 Å². The lowest BCUT2D eigenvalue weighted by Gasteiger charge is -2.13. The Labute approximate surface area is 154 Å².